The van der Waals surface area contributed by atoms with Crippen molar-refractivity contribution in [2.45, 2.75) is 51.4 Å². The van der Waals surface area contributed by atoms with Gasteiger partial charge >= 0.3 is 6.18 Å². The van der Waals surface area contributed by atoms with Gasteiger partial charge < -0.3 is 10.6 Å². The molecule has 0 amide bonds. The van der Waals surface area contributed by atoms with Gasteiger partial charge in [-0.1, -0.05) is 6.07 Å². The second kappa shape index (κ2) is 5.64. The minimum Gasteiger partial charge on any atom is -0.368 e. The Morgan fingerprint density at radius 1 is 1.40 bits per heavy atom. The number of alkyl halides is 3. The summed E-state index contributed by atoms with van der Waals surface area (Å²) in [6.45, 7) is 4.46. The Morgan fingerprint density at radius 3 is 2.60 bits per heavy atom. The normalized spacial score (nSPS) is 21.3. The third-order valence-corrected chi connectivity index (χ3v) is 3.79. The lowest BCUT2D eigenvalue weighted by Crippen LogP contribution is -2.29. The summed E-state index contributed by atoms with van der Waals surface area (Å²) in [5, 5.41) is 0. The highest BCUT2D eigenvalue weighted by atomic mass is 19.4. The molecule has 1 aliphatic rings. The summed E-state index contributed by atoms with van der Waals surface area (Å²) in [6.07, 6.45) is -1.98. The lowest BCUT2D eigenvalue weighted by atomic mass is 10.0. The highest BCUT2D eigenvalue weighted by molar-refractivity contribution is 5.57. The number of hydrogen-bond acceptors (Lipinski definition) is 2. The van der Waals surface area contributed by atoms with Gasteiger partial charge in [0.1, 0.15) is 0 Å². The molecule has 0 bridgehead atoms. The molecule has 1 fully saturated rings. The van der Waals surface area contributed by atoms with E-state index in [9.17, 15) is 13.2 Å². The van der Waals surface area contributed by atoms with Crippen LogP contribution in [0.3, 0.4) is 0 Å². The molecule has 2 atom stereocenters. The lowest BCUT2D eigenvalue weighted by molar-refractivity contribution is -0.137. The first kappa shape index (κ1) is 15.2. The van der Waals surface area contributed by atoms with Crippen LogP contribution in [-0.4, -0.2) is 18.6 Å². The van der Waals surface area contributed by atoms with Gasteiger partial charge in [-0.05, 0) is 50.8 Å². The van der Waals surface area contributed by atoms with Crippen molar-refractivity contribution in [2.24, 2.45) is 5.73 Å². The molecule has 0 radical (unpaired) electrons. The molecular weight excluding hydrogens is 265 g/mol. The largest absolute Gasteiger partial charge is 0.418 e. The number of nitrogens with zero attached hydrogens (tertiary/aromatic N) is 1. The van der Waals surface area contributed by atoms with E-state index in [0.29, 0.717) is 24.2 Å². The summed E-state index contributed by atoms with van der Waals surface area (Å²) in [5.74, 6) is 0. The first-order valence-electron chi connectivity index (χ1n) is 7.01. The zero-order valence-electron chi connectivity index (χ0n) is 11.9. The second-order valence-electron chi connectivity index (χ2n) is 5.72. The monoisotopic (exact) mass is 286 g/mol. The van der Waals surface area contributed by atoms with Crippen LogP contribution in [0.1, 0.15) is 37.8 Å². The third kappa shape index (κ3) is 3.26. The molecule has 0 aliphatic carbocycles. The van der Waals surface area contributed by atoms with Gasteiger partial charge in [0, 0.05) is 24.3 Å². The average molecular weight is 286 g/mol. The lowest BCUT2D eigenvalue weighted by Gasteiger charge is -2.27. The van der Waals surface area contributed by atoms with Crippen LogP contribution in [0.15, 0.2) is 18.2 Å². The molecule has 2 nitrogen and oxygen atoms in total. The molecule has 1 aromatic rings. The third-order valence-electron chi connectivity index (χ3n) is 3.79. The summed E-state index contributed by atoms with van der Waals surface area (Å²) in [7, 11) is 0. The molecule has 112 valence electrons. The summed E-state index contributed by atoms with van der Waals surface area (Å²) in [4.78, 5) is 1.86. The first-order chi connectivity index (χ1) is 9.29. The summed E-state index contributed by atoms with van der Waals surface area (Å²) in [5.41, 5.74) is 6.08. The SMILES string of the molecule is CC(N)Cc1ccc(N2CCCC2C)c(C(F)(F)F)c1. The van der Waals surface area contributed by atoms with Crippen LogP contribution >= 0.6 is 0 Å². The Morgan fingerprint density at radius 2 is 2.10 bits per heavy atom. The van der Waals surface area contributed by atoms with Crippen LogP contribution in [0, 0.1) is 0 Å². The summed E-state index contributed by atoms with van der Waals surface area (Å²) in [6, 6.07) is 4.63. The van der Waals surface area contributed by atoms with E-state index in [1.54, 1.807) is 19.1 Å². The Balaban J connectivity index is 2.40. The van der Waals surface area contributed by atoms with Crippen LogP contribution in [-0.2, 0) is 12.6 Å². The fourth-order valence-corrected chi connectivity index (χ4v) is 2.85. The van der Waals surface area contributed by atoms with Gasteiger partial charge in [0.25, 0.3) is 0 Å². The van der Waals surface area contributed by atoms with Crippen molar-refractivity contribution in [2.75, 3.05) is 11.4 Å². The van der Waals surface area contributed by atoms with E-state index in [1.807, 2.05) is 11.8 Å². The predicted octanol–water partition coefficient (Wildman–Crippen LogP) is 3.58. The molecule has 2 N–H and O–H groups in total. The fourth-order valence-electron chi connectivity index (χ4n) is 2.85. The van der Waals surface area contributed by atoms with Crippen molar-refractivity contribution >= 4 is 5.69 Å². The van der Waals surface area contributed by atoms with Gasteiger partial charge in [-0.3, -0.25) is 0 Å². The van der Waals surface area contributed by atoms with E-state index in [4.69, 9.17) is 5.73 Å². The predicted molar refractivity (Wildman–Crippen MR) is 74.8 cm³/mol. The van der Waals surface area contributed by atoms with E-state index in [2.05, 4.69) is 0 Å². The van der Waals surface area contributed by atoms with E-state index in [1.165, 1.54) is 6.07 Å². The smallest absolute Gasteiger partial charge is 0.368 e. The standard InChI is InChI=1S/C15H21F3N2/c1-10(19)8-12-5-6-14(13(9-12)15(16,17)18)20-7-3-4-11(20)2/h5-6,9-11H,3-4,7-8,19H2,1-2H3. The molecule has 1 aliphatic heterocycles. The molecule has 2 rings (SSSR count). The van der Waals surface area contributed by atoms with Crippen molar-refractivity contribution < 1.29 is 13.2 Å². The van der Waals surface area contributed by atoms with E-state index < -0.39 is 11.7 Å². The van der Waals surface area contributed by atoms with Crippen molar-refractivity contribution in [3.05, 3.63) is 29.3 Å². The van der Waals surface area contributed by atoms with Crippen molar-refractivity contribution in [3.8, 4) is 0 Å². The van der Waals surface area contributed by atoms with Gasteiger partial charge in [-0.2, -0.15) is 13.2 Å². The van der Waals surface area contributed by atoms with Crippen LogP contribution in [0.25, 0.3) is 0 Å². The average Bonchev–Trinajstić information content (AvgIpc) is 2.73. The van der Waals surface area contributed by atoms with Crippen LogP contribution < -0.4 is 10.6 Å². The molecule has 1 saturated heterocycles. The molecule has 1 heterocycles. The molecule has 0 saturated carbocycles. The van der Waals surface area contributed by atoms with Gasteiger partial charge in [0.05, 0.1) is 5.56 Å². The maximum absolute atomic E-state index is 13.3. The number of rotatable bonds is 3. The Bertz CT molecular complexity index is 469. The molecule has 1 aromatic carbocycles. The zero-order chi connectivity index (χ0) is 14.9. The zero-order valence-corrected chi connectivity index (χ0v) is 11.9. The second-order valence-corrected chi connectivity index (χ2v) is 5.72. The molecule has 2 unspecified atom stereocenters. The quantitative estimate of drug-likeness (QED) is 0.920. The number of nitrogens with two attached hydrogens (primary N) is 1. The van der Waals surface area contributed by atoms with Crippen molar-refractivity contribution in [1.82, 2.24) is 0 Å². The minimum atomic E-state index is -4.33. The number of benzene rings is 1. The highest BCUT2D eigenvalue weighted by Gasteiger charge is 2.36. The Labute approximate surface area is 117 Å². The van der Waals surface area contributed by atoms with Gasteiger partial charge in [0.2, 0.25) is 0 Å². The fraction of sp³-hybridized carbons (Fsp3) is 0.600. The number of hydrogen-bond donors (Lipinski definition) is 1. The van der Waals surface area contributed by atoms with E-state index >= 15 is 0 Å². The van der Waals surface area contributed by atoms with E-state index in [0.717, 1.165) is 12.8 Å². The van der Waals surface area contributed by atoms with E-state index in [-0.39, 0.29) is 12.1 Å². The van der Waals surface area contributed by atoms with Gasteiger partial charge in [-0.15, -0.1) is 0 Å². The first-order valence-corrected chi connectivity index (χ1v) is 7.01. The number of halogens is 3. The Hall–Kier alpha value is -1.23. The maximum atomic E-state index is 13.3. The topological polar surface area (TPSA) is 29.3 Å². The molecule has 20 heavy (non-hydrogen) atoms. The maximum Gasteiger partial charge on any atom is 0.418 e. The summed E-state index contributed by atoms with van der Waals surface area (Å²) >= 11 is 0. The van der Waals surface area contributed by atoms with Crippen molar-refractivity contribution in [1.29, 1.82) is 0 Å². The molecule has 5 heteroatoms. The minimum absolute atomic E-state index is 0.146. The molecular formula is C15H21F3N2. The molecule has 0 spiro atoms. The highest BCUT2D eigenvalue weighted by Crippen LogP contribution is 2.39. The van der Waals surface area contributed by atoms with Crippen LogP contribution in [0.4, 0.5) is 18.9 Å². The molecule has 0 aromatic heterocycles. The van der Waals surface area contributed by atoms with Crippen LogP contribution in [0.2, 0.25) is 0 Å². The number of anilines is 1. The van der Waals surface area contributed by atoms with Crippen LogP contribution in [0.5, 0.6) is 0 Å². The van der Waals surface area contributed by atoms with Crippen molar-refractivity contribution in [3.63, 3.8) is 0 Å². The van der Waals surface area contributed by atoms with Gasteiger partial charge in [-0.25, -0.2) is 0 Å². The van der Waals surface area contributed by atoms with Gasteiger partial charge in [0.15, 0.2) is 0 Å². The Kier molecular flexibility index (Phi) is 4.28. The summed E-state index contributed by atoms with van der Waals surface area (Å²) < 4.78 is 39.9.